The first kappa shape index (κ1) is 12.1. The van der Waals surface area contributed by atoms with Crippen LogP contribution in [0.4, 0.5) is 0 Å². The van der Waals surface area contributed by atoms with Crippen molar-refractivity contribution in [1.82, 2.24) is 14.9 Å². The molecule has 94 valence electrons. The van der Waals surface area contributed by atoms with E-state index in [9.17, 15) is 4.79 Å². The third-order valence-electron chi connectivity index (χ3n) is 2.67. The van der Waals surface area contributed by atoms with E-state index in [1.54, 1.807) is 6.20 Å². The lowest BCUT2D eigenvalue weighted by Gasteiger charge is -2.24. The maximum absolute atomic E-state index is 12.0. The Morgan fingerprint density at radius 2 is 2.29 bits per heavy atom. The first-order chi connectivity index (χ1) is 7.88. The smallest absolute Gasteiger partial charge is 0.357 e. The minimum absolute atomic E-state index is 0.180. The van der Waals surface area contributed by atoms with Crippen molar-refractivity contribution in [2.45, 2.75) is 45.9 Å². The van der Waals surface area contributed by atoms with Crippen LogP contribution in [0, 0.1) is 0 Å². The fourth-order valence-corrected chi connectivity index (χ4v) is 1.95. The van der Waals surface area contributed by atoms with E-state index >= 15 is 0 Å². The summed E-state index contributed by atoms with van der Waals surface area (Å²) in [4.78, 5) is 16.3. The summed E-state index contributed by atoms with van der Waals surface area (Å²) in [5.74, 6) is 0.599. The quantitative estimate of drug-likeness (QED) is 0.752. The number of rotatable bonds is 1. The topological polar surface area (TPSA) is 56.2 Å². The van der Waals surface area contributed by atoms with Crippen LogP contribution in [0.15, 0.2) is 6.20 Å². The van der Waals surface area contributed by atoms with Gasteiger partial charge in [0.05, 0.1) is 12.2 Å². The van der Waals surface area contributed by atoms with Crippen LogP contribution in [-0.2, 0) is 11.3 Å². The Kier molecular flexibility index (Phi) is 2.95. The van der Waals surface area contributed by atoms with Gasteiger partial charge < -0.3 is 14.6 Å². The van der Waals surface area contributed by atoms with E-state index in [0.717, 1.165) is 18.9 Å². The summed E-state index contributed by atoms with van der Waals surface area (Å²) in [5.41, 5.74) is 0.0728. The van der Waals surface area contributed by atoms with E-state index in [0.29, 0.717) is 5.69 Å². The molecule has 0 saturated carbocycles. The Bertz CT molecular complexity index is 431. The first-order valence-electron chi connectivity index (χ1n) is 5.90. The lowest BCUT2D eigenvalue weighted by Crippen LogP contribution is -2.34. The normalized spacial score (nSPS) is 19.9. The van der Waals surface area contributed by atoms with Gasteiger partial charge in [-0.2, -0.15) is 0 Å². The molecule has 2 rings (SSSR count). The second-order valence-electron chi connectivity index (χ2n) is 5.33. The van der Waals surface area contributed by atoms with Crippen molar-refractivity contribution < 1.29 is 9.53 Å². The predicted molar refractivity (Wildman–Crippen MR) is 63.8 cm³/mol. The van der Waals surface area contributed by atoms with Crippen LogP contribution >= 0.6 is 0 Å². The second-order valence-corrected chi connectivity index (χ2v) is 5.33. The molecular formula is C12H19N3O2. The highest BCUT2D eigenvalue weighted by Crippen LogP contribution is 2.19. The summed E-state index contributed by atoms with van der Waals surface area (Å²) >= 11 is 0. The Morgan fingerprint density at radius 3 is 2.94 bits per heavy atom. The largest absolute Gasteiger partial charge is 0.455 e. The molecule has 1 unspecified atom stereocenters. The Labute approximate surface area is 101 Å². The first-order valence-corrected chi connectivity index (χ1v) is 5.90. The fourth-order valence-electron chi connectivity index (χ4n) is 1.95. The minimum atomic E-state index is -0.472. The summed E-state index contributed by atoms with van der Waals surface area (Å²) in [6, 6.07) is 0.180. The highest BCUT2D eigenvalue weighted by molar-refractivity contribution is 5.87. The molecule has 0 spiro atoms. The molecule has 5 heteroatoms. The van der Waals surface area contributed by atoms with E-state index in [-0.39, 0.29) is 12.0 Å². The molecule has 1 aliphatic heterocycles. The van der Waals surface area contributed by atoms with Gasteiger partial charge in [0.1, 0.15) is 17.1 Å². The van der Waals surface area contributed by atoms with Crippen molar-refractivity contribution >= 4 is 5.97 Å². The molecule has 1 N–H and O–H groups in total. The van der Waals surface area contributed by atoms with E-state index in [4.69, 9.17) is 4.74 Å². The van der Waals surface area contributed by atoms with Gasteiger partial charge in [-0.05, 0) is 27.7 Å². The molecule has 17 heavy (non-hydrogen) atoms. The SMILES string of the molecule is CC1NCCn2c(C(=O)OC(C)(C)C)cnc21. The summed E-state index contributed by atoms with van der Waals surface area (Å²) in [6.45, 7) is 9.24. The van der Waals surface area contributed by atoms with Crippen LogP contribution in [0.3, 0.4) is 0 Å². The number of nitrogens with one attached hydrogen (secondary N) is 1. The van der Waals surface area contributed by atoms with Crippen molar-refractivity contribution in [3.8, 4) is 0 Å². The van der Waals surface area contributed by atoms with Gasteiger partial charge >= 0.3 is 5.97 Å². The molecule has 1 aromatic heterocycles. The lowest BCUT2D eigenvalue weighted by molar-refractivity contribution is 0.00565. The van der Waals surface area contributed by atoms with Gasteiger partial charge in [0.15, 0.2) is 0 Å². The van der Waals surface area contributed by atoms with Crippen LogP contribution in [-0.4, -0.2) is 27.7 Å². The van der Waals surface area contributed by atoms with Crippen molar-refractivity contribution in [2.75, 3.05) is 6.54 Å². The standard InChI is InChI=1S/C12H19N3O2/c1-8-10-14-7-9(15(10)6-5-13-8)11(16)17-12(2,3)4/h7-8,13H,5-6H2,1-4H3. The molecule has 1 aromatic rings. The van der Waals surface area contributed by atoms with Gasteiger partial charge in [-0.15, -0.1) is 0 Å². The third kappa shape index (κ3) is 2.49. The number of esters is 1. The summed E-state index contributed by atoms with van der Waals surface area (Å²) < 4.78 is 7.30. The van der Waals surface area contributed by atoms with Gasteiger partial charge in [0.2, 0.25) is 0 Å². The number of fused-ring (bicyclic) bond motifs is 1. The molecule has 1 aliphatic rings. The third-order valence-corrected chi connectivity index (χ3v) is 2.67. The van der Waals surface area contributed by atoms with Crippen LogP contribution < -0.4 is 5.32 Å². The molecule has 1 atom stereocenters. The number of carbonyl (C=O) groups is 1. The van der Waals surface area contributed by atoms with Gasteiger partial charge in [-0.1, -0.05) is 0 Å². The van der Waals surface area contributed by atoms with Crippen LogP contribution in [0.25, 0.3) is 0 Å². The zero-order valence-corrected chi connectivity index (χ0v) is 10.8. The molecule has 0 amide bonds. The number of hydrogen-bond acceptors (Lipinski definition) is 4. The average Bonchev–Trinajstić information content (AvgIpc) is 2.60. The average molecular weight is 237 g/mol. The summed E-state index contributed by atoms with van der Waals surface area (Å²) in [7, 11) is 0. The summed E-state index contributed by atoms with van der Waals surface area (Å²) in [5, 5.41) is 3.30. The van der Waals surface area contributed by atoms with E-state index < -0.39 is 5.60 Å². The zero-order chi connectivity index (χ0) is 12.6. The number of ether oxygens (including phenoxy) is 1. The molecule has 2 heterocycles. The second kappa shape index (κ2) is 4.14. The lowest BCUT2D eigenvalue weighted by atomic mass is 10.2. The zero-order valence-electron chi connectivity index (χ0n) is 10.8. The van der Waals surface area contributed by atoms with Crippen molar-refractivity contribution in [2.24, 2.45) is 0 Å². The van der Waals surface area contributed by atoms with Crippen molar-refractivity contribution in [3.63, 3.8) is 0 Å². The van der Waals surface area contributed by atoms with Gasteiger partial charge in [0.25, 0.3) is 0 Å². The molecule has 0 bridgehead atoms. The summed E-state index contributed by atoms with van der Waals surface area (Å²) in [6.07, 6.45) is 1.60. The van der Waals surface area contributed by atoms with Crippen molar-refractivity contribution in [1.29, 1.82) is 0 Å². The molecule has 0 fully saturated rings. The Balaban J connectivity index is 2.25. The van der Waals surface area contributed by atoms with E-state index in [2.05, 4.69) is 10.3 Å². The van der Waals surface area contributed by atoms with Crippen molar-refractivity contribution in [3.05, 3.63) is 17.7 Å². The maximum atomic E-state index is 12.0. The Morgan fingerprint density at radius 1 is 1.59 bits per heavy atom. The van der Waals surface area contributed by atoms with Gasteiger partial charge in [0, 0.05) is 13.1 Å². The number of hydrogen-bond donors (Lipinski definition) is 1. The molecule has 0 aliphatic carbocycles. The number of imidazole rings is 1. The number of carbonyl (C=O) groups excluding carboxylic acids is 1. The molecule has 0 radical (unpaired) electrons. The number of aromatic nitrogens is 2. The monoisotopic (exact) mass is 237 g/mol. The van der Waals surface area contributed by atoms with Crippen LogP contribution in [0.1, 0.15) is 50.0 Å². The van der Waals surface area contributed by atoms with E-state index in [1.807, 2.05) is 32.3 Å². The molecule has 0 saturated heterocycles. The molecular weight excluding hydrogens is 218 g/mol. The fraction of sp³-hybridized carbons (Fsp3) is 0.667. The molecule has 0 aromatic carbocycles. The maximum Gasteiger partial charge on any atom is 0.357 e. The van der Waals surface area contributed by atoms with Gasteiger partial charge in [-0.25, -0.2) is 9.78 Å². The van der Waals surface area contributed by atoms with Gasteiger partial charge in [-0.3, -0.25) is 0 Å². The molecule has 5 nitrogen and oxygen atoms in total. The highest BCUT2D eigenvalue weighted by atomic mass is 16.6. The van der Waals surface area contributed by atoms with Crippen LogP contribution in [0.2, 0.25) is 0 Å². The minimum Gasteiger partial charge on any atom is -0.455 e. The number of nitrogens with zero attached hydrogens (tertiary/aromatic N) is 2. The Hall–Kier alpha value is -1.36. The van der Waals surface area contributed by atoms with Crippen LogP contribution in [0.5, 0.6) is 0 Å². The van der Waals surface area contributed by atoms with E-state index in [1.165, 1.54) is 0 Å². The predicted octanol–water partition coefficient (Wildman–Crippen LogP) is 1.50. The highest BCUT2D eigenvalue weighted by Gasteiger charge is 2.26.